The molecule has 0 aliphatic heterocycles. The number of anilines is 2. The third-order valence-corrected chi connectivity index (χ3v) is 6.53. The predicted molar refractivity (Wildman–Crippen MR) is 146 cm³/mol. The van der Waals surface area contributed by atoms with Gasteiger partial charge in [-0.1, -0.05) is 0 Å². The number of benzene rings is 3. The molecule has 210 valence electrons. The van der Waals surface area contributed by atoms with Crippen molar-refractivity contribution in [2.24, 2.45) is 5.41 Å². The zero-order valence-corrected chi connectivity index (χ0v) is 21.8. The van der Waals surface area contributed by atoms with Gasteiger partial charge in [0.1, 0.15) is 22.7 Å². The van der Waals surface area contributed by atoms with Crippen LogP contribution in [0.1, 0.15) is 12.8 Å². The standard InChI is InChI=1S/C29H25FN4O7/c1-39-24-15-22-21(14-25(24)40-16-26(35)34-38)23(10-13-31-22)41-20-8-6-19(7-9-20)33-28(37)29(11-12-29)27(36)32-18-4-2-17(30)3-5-18/h2-10,13-15,38H,11-12,16H2,1H3,(H,32,36)(H,33,37)(H,34,35). The average Bonchev–Trinajstić information content (AvgIpc) is 3.80. The predicted octanol–water partition coefficient (Wildman–Crippen LogP) is 4.42. The first-order chi connectivity index (χ1) is 19.8. The summed E-state index contributed by atoms with van der Waals surface area (Å²) in [5.74, 6) is -0.530. The molecular formula is C29H25FN4O7. The van der Waals surface area contributed by atoms with Crippen molar-refractivity contribution in [2.75, 3.05) is 24.4 Å². The summed E-state index contributed by atoms with van der Waals surface area (Å²) >= 11 is 0. The van der Waals surface area contributed by atoms with E-state index in [1.165, 1.54) is 36.9 Å². The number of hydrogen-bond donors (Lipinski definition) is 4. The Bertz CT molecular complexity index is 1610. The number of ether oxygens (including phenoxy) is 3. The van der Waals surface area contributed by atoms with Crippen LogP contribution in [0.5, 0.6) is 23.0 Å². The molecule has 0 bridgehead atoms. The molecule has 0 saturated heterocycles. The smallest absolute Gasteiger partial charge is 0.281 e. The molecule has 1 heterocycles. The van der Waals surface area contributed by atoms with Gasteiger partial charge in [0.15, 0.2) is 18.1 Å². The number of hydrogen-bond acceptors (Lipinski definition) is 8. The lowest BCUT2D eigenvalue weighted by atomic mass is 10.0. The van der Waals surface area contributed by atoms with E-state index >= 15 is 0 Å². The minimum Gasteiger partial charge on any atom is -0.493 e. The van der Waals surface area contributed by atoms with Gasteiger partial charge in [0.25, 0.3) is 5.91 Å². The average molecular weight is 561 g/mol. The highest BCUT2D eigenvalue weighted by atomic mass is 19.1. The van der Waals surface area contributed by atoms with Crippen molar-refractivity contribution in [1.82, 2.24) is 10.5 Å². The van der Waals surface area contributed by atoms with Crippen molar-refractivity contribution >= 4 is 40.0 Å². The number of rotatable bonds is 10. The van der Waals surface area contributed by atoms with Crippen molar-refractivity contribution in [3.8, 4) is 23.0 Å². The van der Waals surface area contributed by atoms with E-state index < -0.39 is 35.6 Å². The number of aromatic nitrogens is 1. The topological polar surface area (TPSA) is 148 Å². The van der Waals surface area contributed by atoms with Gasteiger partial charge in [-0.15, -0.1) is 0 Å². The molecule has 1 aliphatic rings. The molecular weight excluding hydrogens is 535 g/mol. The Morgan fingerprint density at radius 3 is 2.12 bits per heavy atom. The Balaban J connectivity index is 1.27. The van der Waals surface area contributed by atoms with Crippen LogP contribution in [0.3, 0.4) is 0 Å². The Labute approximate surface area is 233 Å². The number of amides is 3. The molecule has 1 fully saturated rings. The van der Waals surface area contributed by atoms with Gasteiger partial charge in [0.05, 0.1) is 12.6 Å². The van der Waals surface area contributed by atoms with Gasteiger partial charge in [0.2, 0.25) is 11.8 Å². The summed E-state index contributed by atoms with van der Waals surface area (Å²) in [6.07, 6.45) is 2.38. The second-order valence-electron chi connectivity index (χ2n) is 9.28. The van der Waals surface area contributed by atoms with Crippen LogP contribution >= 0.6 is 0 Å². The van der Waals surface area contributed by atoms with Crippen LogP contribution in [0.4, 0.5) is 15.8 Å². The lowest BCUT2D eigenvalue weighted by Crippen LogP contribution is -2.35. The number of methoxy groups -OCH3 is 1. The van der Waals surface area contributed by atoms with Crippen molar-refractivity contribution in [2.45, 2.75) is 12.8 Å². The maximum atomic E-state index is 13.2. The summed E-state index contributed by atoms with van der Waals surface area (Å²) in [6.45, 7) is -0.433. The number of nitrogens with one attached hydrogen (secondary N) is 3. The summed E-state index contributed by atoms with van der Waals surface area (Å²) in [4.78, 5) is 41.5. The lowest BCUT2D eigenvalue weighted by Gasteiger charge is -2.16. The second-order valence-corrected chi connectivity index (χ2v) is 9.28. The minimum absolute atomic E-state index is 0.247. The van der Waals surface area contributed by atoms with Gasteiger partial charge in [-0.25, -0.2) is 9.87 Å². The molecule has 3 aromatic carbocycles. The van der Waals surface area contributed by atoms with Crippen molar-refractivity contribution in [3.05, 3.63) is 78.7 Å². The van der Waals surface area contributed by atoms with Crippen LogP contribution in [0.15, 0.2) is 72.9 Å². The Morgan fingerprint density at radius 1 is 0.902 bits per heavy atom. The molecule has 3 amide bonds. The monoisotopic (exact) mass is 560 g/mol. The van der Waals surface area contributed by atoms with Gasteiger partial charge >= 0.3 is 0 Å². The highest BCUT2D eigenvalue weighted by Crippen LogP contribution is 2.47. The van der Waals surface area contributed by atoms with Crippen molar-refractivity contribution < 1.29 is 38.2 Å². The van der Waals surface area contributed by atoms with Gasteiger partial charge in [-0.05, 0) is 73.5 Å². The molecule has 4 aromatic rings. The van der Waals surface area contributed by atoms with Crippen molar-refractivity contribution in [1.29, 1.82) is 0 Å². The number of halogens is 1. The summed E-state index contributed by atoms with van der Waals surface area (Å²) in [6, 6.07) is 16.9. The SMILES string of the molecule is COc1cc2nccc(Oc3ccc(NC(=O)C4(C(=O)Nc5ccc(F)cc5)CC4)cc3)c2cc1OCC(=O)NO. The first kappa shape index (κ1) is 27.3. The molecule has 1 aromatic heterocycles. The van der Waals surface area contributed by atoms with E-state index in [4.69, 9.17) is 19.4 Å². The number of nitrogens with zero attached hydrogens (tertiary/aromatic N) is 1. The number of pyridine rings is 1. The maximum absolute atomic E-state index is 13.2. The quantitative estimate of drug-likeness (QED) is 0.127. The first-order valence-corrected chi connectivity index (χ1v) is 12.5. The third-order valence-electron chi connectivity index (χ3n) is 6.53. The van der Waals surface area contributed by atoms with Gasteiger partial charge in [-0.2, -0.15) is 0 Å². The van der Waals surface area contributed by atoms with E-state index in [0.717, 1.165) is 0 Å². The molecule has 0 radical (unpaired) electrons. The summed E-state index contributed by atoms with van der Waals surface area (Å²) in [5, 5.41) is 14.8. The molecule has 11 nitrogen and oxygen atoms in total. The Morgan fingerprint density at radius 2 is 1.54 bits per heavy atom. The molecule has 1 saturated carbocycles. The molecule has 1 aliphatic carbocycles. The fourth-order valence-electron chi connectivity index (χ4n) is 4.12. The largest absolute Gasteiger partial charge is 0.493 e. The van der Waals surface area contributed by atoms with Crippen LogP contribution in [-0.4, -0.2) is 41.6 Å². The Kier molecular flexibility index (Phi) is 7.66. The fraction of sp³-hybridized carbons (Fsp3) is 0.172. The van der Waals surface area contributed by atoms with E-state index in [1.54, 1.807) is 48.7 Å². The van der Waals surface area contributed by atoms with Crippen LogP contribution in [0, 0.1) is 11.2 Å². The molecule has 0 spiro atoms. The van der Waals surface area contributed by atoms with E-state index in [0.29, 0.717) is 52.4 Å². The summed E-state index contributed by atoms with van der Waals surface area (Å²) in [5.41, 5.74) is 1.76. The first-order valence-electron chi connectivity index (χ1n) is 12.5. The molecule has 12 heteroatoms. The number of carbonyl (C=O) groups excluding carboxylic acids is 3. The third kappa shape index (κ3) is 6.02. The van der Waals surface area contributed by atoms with Crippen molar-refractivity contribution in [3.63, 3.8) is 0 Å². The summed E-state index contributed by atoms with van der Waals surface area (Å²) in [7, 11) is 1.45. The van der Waals surface area contributed by atoms with E-state index in [-0.39, 0.29) is 5.75 Å². The van der Waals surface area contributed by atoms with E-state index in [9.17, 15) is 18.8 Å². The zero-order valence-electron chi connectivity index (χ0n) is 21.8. The normalized spacial score (nSPS) is 13.1. The van der Waals surface area contributed by atoms with Gasteiger partial charge in [0, 0.05) is 29.0 Å². The highest BCUT2D eigenvalue weighted by Gasteiger charge is 2.56. The molecule has 5 rings (SSSR count). The van der Waals surface area contributed by atoms with Crippen LogP contribution < -0.4 is 30.3 Å². The summed E-state index contributed by atoms with van der Waals surface area (Å²) < 4.78 is 30.0. The minimum atomic E-state index is -1.18. The Hall–Kier alpha value is -5.23. The van der Waals surface area contributed by atoms with Crippen LogP contribution in [0.2, 0.25) is 0 Å². The van der Waals surface area contributed by atoms with Gasteiger partial charge in [-0.3, -0.25) is 24.6 Å². The van der Waals surface area contributed by atoms with Crippen LogP contribution in [-0.2, 0) is 14.4 Å². The zero-order chi connectivity index (χ0) is 29.0. The number of fused-ring (bicyclic) bond motifs is 1. The van der Waals surface area contributed by atoms with Crippen LogP contribution in [0.25, 0.3) is 10.9 Å². The number of carbonyl (C=O) groups is 3. The van der Waals surface area contributed by atoms with E-state index in [1.807, 2.05) is 0 Å². The molecule has 0 atom stereocenters. The molecule has 41 heavy (non-hydrogen) atoms. The maximum Gasteiger partial charge on any atom is 0.281 e. The van der Waals surface area contributed by atoms with Gasteiger partial charge < -0.3 is 24.8 Å². The van der Waals surface area contributed by atoms with E-state index in [2.05, 4.69) is 15.6 Å². The second kappa shape index (κ2) is 11.5. The lowest BCUT2D eigenvalue weighted by molar-refractivity contribution is -0.132. The fourth-order valence-corrected chi connectivity index (χ4v) is 4.12. The molecule has 4 N–H and O–H groups in total. The highest BCUT2D eigenvalue weighted by molar-refractivity contribution is 6.16. The number of hydroxylamine groups is 1. The molecule has 0 unspecified atom stereocenters.